The van der Waals surface area contributed by atoms with Crippen molar-refractivity contribution >= 4 is 23.3 Å². The molecule has 8 heteroatoms. The highest BCUT2D eigenvalue weighted by Gasteiger charge is 2.33. The van der Waals surface area contributed by atoms with Gasteiger partial charge < -0.3 is 16.0 Å². The van der Waals surface area contributed by atoms with Gasteiger partial charge in [0.2, 0.25) is 0 Å². The summed E-state index contributed by atoms with van der Waals surface area (Å²) in [5.41, 5.74) is 4.74. The first-order valence-corrected chi connectivity index (χ1v) is 6.33. The third kappa shape index (κ3) is 3.34. The molecule has 1 aliphatic heterocycles. The van der Waals surface area contributed by atoms with Crippen LogP contribution in [0, 0.1) is 0 Å². The van der Waals surface area contributed by atoms with Gasteiger partial charge in [-0.2, -0.15) is 13.2 Å². The van der Waals surface area contributed by atoms with Crippen LogP contribution in [-0.4, -0.2) is 30.1 Å². The minimum absolute atomic E-state index is 0.0483. The third-order valence-corrected chi connectivity index (χ3v) is 3.36. The van der Waals surface area contributed by atoms with Crippen LogP contribution in [0.5, 0.6) is 0 Å². The Morgan fingerprint density at radius 2 is 2.15 bits per heavy atom. The molecule has 0 saturated carbocycles. The van der Waals surface area contributed by atoms with Crippen LogP contribution in [-0.2, 0) is 6.18 Å². The number of urea groups is 1. The zero-order valence-corrected chi connectivity index (χ0v) is 11.1. The number of amides is 2. The minimum Gasteiger partial charge on any atom is -0.326 e. The van der Waals surface area contributed by atoms with E-state index in [1.165, 1.54) is 11.0 Å². The topological polar surface area (TPSA) is 58.4 Å². The summed E-state index contributed by atoms with van der Waals surface area (Å²) in [7, 11) is 0. The van der Waals surface area contributed by atoms with Crippen LogP contribution in [0.1, 0.15) is 12.0 Å². The van der Waals surface area contributed by atoms with Crippen molar-refractivity contribution in [3.63, 3.8) is 0 Å². The van der Waals surface area contributed by atoms with E-state index in [-0.39, 0.29) is 11.7 Å². The number of hydrogen-bond donors (Lipinski definition) is 2. The molecule has 1 fully saturated rings. The molecule has 1 heterocycles. The zero-order valence-electron chi connectivity index (χ0n) is 10.4. The molecule has 1 saturated heterocycles. The molecule has 0 aromatic heterocycles. The second-order valence-electron chi connectivity index (χ2n) is 4.62. The number of rotatable bonds is 1. The average molecular weight is 308 g/mol. The lowest BCUT2D eigenvalue weighted by Gasteiger charge is -2.17. The zero-order chi connectivity index (χ0) is 14.9. The highest BCUT2D eigenvalue weighted by atomic mass is 35.5. The summed E-state index contributed by atoms with van der Waals surface area (Å²) in [6.45, 7) is 0.887. The number of nitrogens with one attached hydrogen (secondary N) is 1. The largest absolute Gasteiger partial charge is 0.417 e. The van der Waals surface area contributed by atoms with E-state index in [9.17, 15) is 18.0 Å². The van der Waals surface area contributed by atoms with Crippen molar-refractivity contribution in [2.75, 3.05) is 18.4 Å². The van der Waals surface area contributed by atoms with Crippen LogP contribution in [0.4, 0.5) is 23.7 Å². The molecule has 2 amide bonds. The maximum Gasteiger partial charge on any atom is 0.417 e. The van der Waals surface area contributed by atoms with Gasteiger partial charge in [0.25, 0.3) is 0 Å². The maximum absolute atomic E-state index is 12.7. The van der Waals surface area contributed by atoms with E-state index >= 15 is 0 Å². The molecule has 0 radical (unpaired) electrons. The van der Waals surface area contributed by atoms with Crippen molar-refractivity contribution in [3.05, 3.63) is 28.8 Å². The fourth-order valence-electron chi connectivity index (χ4n) is 1.99. The van der Waals surface area contributed by atoms with Crippen LogP contribution in [0.25, 0.3) is 0 Å². The molecular formula is C12H13ClF3N3O. The normalized spacial score (nSPS) is 19.2. The summed E-state index contributed by atoms with van der Waals surface area (Å²) < 4.78 is 38.1. The third-order valence-electron chi connectivity index (χ3n) is 3.03. The van der Waals surface area contributed by atoms with Gasteiger partial charge in [0, 0.05) is 24.8 Å². The summed E-state index contributed by atoms with van der Waals surface area (Å²) in [6, 6.07) is 2.70. The van der Waals surface area contributed by atoms with E-state index in [1.54, 1.807) is 0 Å². The van der Waals surface area contributed by atoms with E-state index < -0.39 is 22.8 Å². The molecule has 20 heavy (non-hydrogen) atoms. The van der Waals surface area contributed by atoms with E-state index in [4.69, 9.17) is 17.3 Å². The van der Waals surface area contributed by atoms with E-state index in [0.717, 1.165) is 12.1 Å². The quantitative estimate of drug-likeness (QED) is 0.838. The predicted molar refractivity (Wildman–Crippen MR) is 69.6 cm³/mol. The Hall–Kier alpha value is -1.47. The van der Waals surface area contributed by atoms with Gasteiger partial charge in [-0.15, -0.1) is 0 Å². The monoisotopic (exact) mass is 307 g/mol. The summed E-state index contributed by atoms with van der Waals surface area (Å²) in [5.74, 6) is 0. The number of halogens is 4. The second-order valence-corrected chi connectivity index (χ2v) is 5.02. The molecule has 110 valence electrons. The fraction of sp³-hybridized carbons (Fsp3) is 0.417. The molecular weight excluding hydrogens is 295 g/mol. The van der Waals surface area contributed by atoms with E-state index in [1.807, 2.05) is 0 Å². The molecule has 1 atom stereocenters. The molecule has 1 aromatic rings. The Morgan fingerprint density at radius 3 is 2.70 bits per heavy atom. The number of hydrogen-bond acceptors (Lipinski definition) is 2. The first-order chi connectivity index (χ1) is 9.27. The number of nitrogens with zero attached hydrogens (tertiary/aromatic N) is 1. The average Bonchev–Trinajstić information content (AvgIpc) is 2.77. The number of carbonyl (C=O) groups is 1. The molecule has 0 bridgehead atoms. The first kappa shape index (κ1) is 14.9. The fourth-order valence-corrected chi connectivity index (χ4v) is 2.22. The summed E-state index contributed by atoms with van der Waals surface area (Å²) in [4.78, 5) is 13.3. The molecule has 0 spiro atoms. The van der Waals surface area contributed by atoms with Crippen LogP contribution < -0.4 is 11.1 Å². The van der Waals surface area contributed by atoms with Gasteiger partial charge in [-0.05, 0) is 24.6 Å². The lowest BCUT2D eigenvalue weighted by molar-refractivity contribution is -0.137. The van der Waals surface area contributed by atoms with E-state index in [0.29, 0.717) is 19.5 Å². The van der Waals surface area contributed by atoms with E-state index in [2.05, 4.69) is 5.32 Å². The number of carbonyl (C=O) groups excluding carboxylic acids is 1. The van der Waals surface area contributed by atoms with Crippen molar-refractivity contribution < 1.29 is 18.0 Å². The van der Waals surface area contributed by atoms with Crippen molar-refractivity contribution in [1.82, 2.24) is 4.90 Å². The Labute approximate surface area is 118 Å². The molecule has 1 unspecified atom stereocenters. The van der Waals surface area contributed by atoms with Crippen molar-refractivity contribution in [2.45, 2.75) is 18.6 Å². The molecule has 0 aliphatic carbocycles. The van der Waals surface area contributed by atoms with Gasteiger partial charge in [-0.3, -0.25) is 0 Å². The smallest absolute Gasteiger partial charge is 0.326 e. The lowest BCUT2D eigenvalue weighted by atomic mass is 10.2. The van der Waals surface area contributed by atoms with Crippen molar-refractivity contribution in [2.24, 2.45) is 5.73 Å². The van der Waals surface area contributed by atoms with Crippen LogP contribution in [0.3, 0.4) is 0 Å². The van der Waals surface area contributed by atoms with Crippen LogP contribution >= 0.6 is 11.6 Å². The highest BCUT2D eigenvalue weighted by molar-refractivity contribution is 6.31. The van der Waals surface area contributed by atoms with Crippen LogP contribution in [0.15, 0.2) is 18.2 Å². The SMILES string of the molecule is NC1CCN(C(=O)Nc2ccc(Cl)c(C(F)(F)F)c2)C1. The van der Waals surface area contributed by atoms with Gasteiger partial charge in [-0.25, -0.2) is 4.79 Å². The molecule has 2 rings (SSSR count). The number of benzene rings is 1. The van der Waals surface area contributed by atoms with Crippen molar-refractivity contribution in [1.29, 1.82) is 0 Å². The summed E-state index contributed by atoms with van der Waals surface area (Å²) >= 11 is 5.50. The van der Waals surface area contributed by atoms with Gasteiger partial charge in [0.1, 0.15) is 0 Å². The van der Waals surface area contributed by atoms with Gasteiger partial charge in [0.15, 0.2) is 0 Å². The minimum atomic E-state index is -4.56. The number of likely N-dealkylation sites (tertiary alicyclic amines) is 1. The molecule has 3 N–H and O–H groups in total. The van der Waals surface area contributed by atoms with Crippen LogP contribution in [0.2, 0.25) is 5.02 Å². The predicted octanol–water partition coefficient (Wildman–Crippen LogP) is 2.92. The standard InChI is InChI=1S/C12H13ClF3N3O/c13-10-2-1-8(5-9(10)12(14,15)16)18-11(20)19-4-3-7(17)6-19/h1-2,5,7H,3-4,6,17H2,(H,18,20). The van der Waals surface area contributed by atoms with Gasteiger partial charge in [-0.1, -0.05) is 11.6 Å². The van der Waals surface area contributed by atoms with Gasteiger partial charge >= 0.3 is 12.2 Å². The lowest BCUT2D eigenvalue weighted by Crippen LogP contribution is -2.35. The Kier molecular flexibility index (Phi) is 4.10. The Bertz CT molecular complexity index is 521. The number of alkyl halides is 3. The Balaban J connectivity index is 2.12. The van der Waals surface area contributed by atoms with Gasteiger partial charge in [0.05, 0.1) is 10.6 Å². The second kappa shape index (κ2) is 5.49. The molecule has 1 aliphatic rings. The number of nitrogens with two attached hydrogens (primary N) is 1. The van der Waals surface area contributed by atoms with Crippen molar-refractivity contribution in [3.8, 4) is 0 Å². The number of anilines is 1. The highest BCUT2D eigenvalue weighted by Crippen LogP contribution is 2.36. The maximum atomic E-state index is 12.7. The molecule has 4 nitrogen and oxygen atoms in total. The summed E-state index contributed by atoms with van der Waals surface area (Å²) in [6.07, 6.45) is -3.88. The Morgan fingerprint density at radius 1 is 1.45 bits per heavy atom. The molecule has 1 aromatic carbocycles. The summed E-state index contributed by atoms with van der Waals surface area (Å²) in [5, 5.41) is 2.01. The first-order valence-electron chi connectivity index (χ1n) is 5.95.